The number of rotatable bonds is 4. The Balaban J connectivity index is 1.74. The van der Waals surface area contributed by atoms with Crippen LogP contribution in [0.2, 0.25) is 0 Å². The molecular formula is C16H16N4O3. The maximum absolute atomic E-state index is 12.0. The molecule has 118 valence electrons. The predicted octanol–water partition coefficient (Wildman–Crippen LogP) is 2.74. The van der Waals surface area contributed by atoms with Gasteiger partial charge in [0.25, 0.3) is 11.8 Å². The van der Waals surface area contributed by atoms with E-state index in [9.17, 15) is 4.79 Å². The molecule has 0 atom stereocenters. The van der Waals surface area contributed by atoms with Gasteiger partial charge in [0.05, 0.1) is 25.2 Å². The average Bonchev–Trinajstić information content (AvgIpc) is 3.16. The molecule has 2 aromatic heterocycles. The Bertz CT molecular complexity index is 833. The first-order valence-corrected chi connectivity index (χ1v) is 7.01. The van der Waals surface area contributed by atoms with Gasteiger partial charge in [-0.3, -0.25) is 4.79 Å². The summed E-state index contributed by atoms with van der Waals surface area (Å²) in [5.74, 6) is -0.0355. The van der Waals surface area contributed by atoms with Gasteiger partial charge in [0.15, 0.2) is 0 Å². The van der Waals surface area contributed by atoms with Crippen LogP contribution in [0.1, 0.15) is 21.9 Å². The van der Waals surface area contributed by atoms with Gasteiger partial charge in [-0.2, -0.15) is 0 Å². The molecule has 3 rings (SSSR count). The van der Waals surface area contributed by atoms with Crippen molar-refractivity contribution in [2.24, 2.45) is 0 Å². The third kappa shape index (κ3) is 2.94. The normalized spacial score (nSPS) is 10.6. The summed E-state index contributed by atoms with van der Waals surface area (Å²) >= 11 is 0. The molecule has 0 spiro atoms. The van der Waals surface area contributed by atoms with Crippen molar-refractivity contribution in [3.63, 3.8) is 0 Å². The number of aromatic nitrogens is 3. The number of carbonyl (C=O) groups is 1. The molecule has 0 saturated heterocycles. The number of aryl methyl sites for hydroxylation is 1. The largest absolute Gasteiger partial charge is 0.479 e. The second-order valence-corrected chi connectivity index (χ2v) is 5.02. The van der Waals surface area contributed by atoms with E-state index in [1.54, 1.807) is 6.33 Å². The smallest absolute Gasteiger partial charge is 0.294 e. The molecule has 3 aromatic rings. The van der Waals surface area contributed by atoms with Gasteiger partial charge >= 0.3 is 0 Å². The Labute approximate surface area is 132 Å². The van der Waals surface area contributed by atoms with Crippen LogP contribution in [0, 0.1) is 13.8 Å². The molecule has 7 nitrogen and oxygen atoms in total. The first kappa shape index (κ1) is 14.8. The Morgan fingerprint density at radius 1 is 1.26 bits per heavy atom. The summed E-state index contributed by atoms with van der Waals surface area (Å²) in [4.78, 5) is 16.3. The Morgan fingerprint density at radius 3 is 2.57 bits per heavy atom. The van der Waals surface area contributed by atoms with Crippen LogP contribution < -0.4 is 10.1 Å². The van der Waals surface area contributed by atoms with Crippen molar-refractivity contribution in [1.82, 2.24) is 14.7 Å². The molecule has 0 aliphatic rings. The van der Waals surface area contributed by atoms with Gasteiger partial charge in [-0.1, -0.05) is 0 Å². The SMILES string of the molecule is COc1cc(C(=O)Nc2ccc(-n3cnc(C)c3C)cc2)on1. The van der Waals surface area contributed by atoms with Gasteiger partial charge in [0, 0.05) is 17.1 Å². The predicted molar refractivity (Wildman–Crippen MR) is 84.0 cm³/mol. The van der Waals surface area contributed by atoms with Gasteiger partial charge in [-0.15, -0.1) is 0 Å². The molecule has 0 saturated carbocycles. The van der Waals surface area contributed by atoms with Crippen molar-refractivity contribution in [1.29, 1.82) is 0 Å². The fourth-order valence-electron chi connectivity index (χ4n) is 2.12. The topological polar surface area (TPSA) is 82.2 Å². The van der Waals surface area contributed by atoms with Crippen LogP contribution >= 0.6 is 0 Å². The van der Waals surface area contributed by atoms with E-state index in [1.807, 2.05) is 42.7 Å². The number of imidazole rings is 1. The molecule has 2 heterocycles. The quantitative estimate of drug-likeness (QED) is 0.801. The van der Waals surface area contributed by atoms with Crippen molar-refractivity contribution >= 4 is 11.6 Å². The lowest BCUT2D eigenvalue weighted by atomic mass is 10.2. The van der Waals surface area contributed by atoms with E-state index in [0.717, 1.165) is 17.1 Å². The fourth-order valence-corrected chi connectivity index (χ4v) is 2.12. The molecule has 0 aliphatic carbocycles. The number of methoxy groups -OCH3 is 1. The van der Waals surface area contributed by atoms with E-state index in [0.29, 0.717) is 5.69 Å². The third-order valence-corrected chi connectivity index (χ3v) is 3.58. The Kier molecular flexibility index (Phi) is 3.84. The van der Waals surface area contributed by atoms with Crippen molar-refractivity contribution in [3.8, 4) is 11.6 Å². The molecule has 0 aliphatic heterocycles. The number of nitrogens with zero attached hydrogens (tertiary/aromatic N) is 3. The van der Waals surface area contributed by atoms with Crippen LogP contribution in [-0.4, -0.2) is 27.7 Å². The highest BCUT2D eigenvalue weighted by molar-refractivity contribution is 6.02. The van der Waals surface area contributed by atoms with Crippen molar-refractivity contribution in [2.75, 3.05) is 12.4 Å². The van der Waals surface area contributed by atoms with E-state index in [-0.39, 0.29) is 17.5 Å². The Morgan fingerprint density at radius 2 is 2.00 bits per heavy atom. The number of hydrogen-bond donors (Lipinski definition) is 1. The van der Waals surface area contributed by atoms with Crippen molar-refractivity contribution in [2.45, 2.75) is 13.8 Å². The number of carbonyl (C=O) groups excluding carboxylic acids is 1. The lowest BCUT2D eigenvalue weighted by Crippen LogP contribution is -2.10. The molecular weight excluding hydrogens is 296 g/mol. The number of nitrogens with one attached hydrogen (secondary N) is 1. The Hall–Kier alpha value is -3.09. The molecule has 0 fully saturated rings. The number of benzene rings is 1. The van der Waals surface area contributed by atoms with Gasteiger partial charge in [0.1, 0.15) is 0 Å². The molecule has 1 N–H and O–H groups in total. The van der Waals surface area contributed by atoms with E-state index in [1.165, 1.54) is 13.2 Å². The first-order chi connectivity index (χ1) is 11.1. The minimum absolute atomic E-state index is 0.0898. The minimum atomic E-state index is -0.386. The third-order valence-electron chi connectivity index (χ3n) is 3.58. The summed E-state index contributed by atoms with van der Waals surface area (Å²) in [6.45, 7) is 3.97. The summed E-state index contributed by atoms with van der Waals surface area (Å²) in [6, 6.07) is 8.88. The highest BCUT2D eigenvalue weighted by Gasteiger charge is 2.13. The summed E-state index contributed by atoms with van der Waals surface area (Å²) < 4.78 is 11.8. The second kappa shape index (κ2) is 5.96. The second-order valence-electron chi connectivity index (χ2n) is 5.02. The van der Waals surface area contributed by atoms with Gasteiger partial charge in [-0.05, 0) is 43.3 Å². The number of ether oxygens (including phenoxy) is 1. The van der Waals surface area contributed by atoms with Crippen LogP contribution in [-0.2, 0) is 0 Å². The van der Waals surface area contributed by atoms with Crippen LogP contribution in [0.5, 0.6) is 5.88 Å². The summed E-state index contributed by atoms with van der Waals surface area (Å²) in [5.41, 5.74) is 3.70. The standard InChI is InChI=1S/C16H16N4O3/c1-10-11(2)20(9-17-10)13-6-4-12(5-7-13)18-16(21)14-8-15(22-3)19-23-14/h4-9H,1-3H3,(H,18,21). The maximum atomic E-state index is 12.0. The van der Waals surface area contributed by atoms with Crippen LogP contribution in [0.15, 0.2) is 41.2 Å². The molecule has 7 heteroatoms. The number of hydrogen-bond acceptors (Lipinski definition) is 5. The van der Waals surface area contributed by atoms with Crippen molar-refractivity contribution < 1.29 is 14.1 Å². The molecule has 1 amide bonds. The van der Waals surface area contributed by atoms with Crippen LogP contribution in [0.3, 0.4) is 0 Å². The maximum Gasteiger partial charge on any atom is 0.294 e. The monoisotopic (exact) mass is 312 g/mol. The number of amides is 1. The minimum Gasteiger partial charge on any atom is -0.479 e. The summed E-state index contributed by atoms with van der Waals surface area (Å²) in [5, 5.41) is 6.34. The average molecular weight is 312 g/mol. The van der Waals surface area contributed by atoms with E-state index >= 15 is 0 Å². The first-order valence-electron chi connectivity index (χ1n) is 7.01. The zero-order valence-corrected chi connectivity index (χ0v) is 13.0. The van der Waals surface area contributed by atoms with Crippen LogP contribution in [0.4, 0.5) is 5.69 Å². The lowest BCUT2D eigenvalue weighted by Gasteiger charge is -2.07. The highest BCUT2D eigenvalue weighted by Crippen LogP contribution is 2.18. The van der Waals surface area contributed by atoms with Crippen LogP contribution in [0.25, 0.3) is 5.69 Å². The van der Waals surface area contributed by atoms with Gasteiger partial charge in [-0.25, -0.2) is 4.98 Å². The molecule has 0 bridgehead atoms. The number of anilines is 1. The zero-order valence-electron chi connectivity index (χ0n) is 13.0. The van der Waals surface area contributed by atoms with Gasteiger partial charge in [0.2, 0.25) is 5.76 Å². The summed E-state index contributed by atoms with van der Waals surface area (Å²) in [6.07, 6.45) is 1.78. The zero-order chi connectivity index (χ0) is 16.4. The summed E-state index contributed by atoms with van der Waals surface area (Å²) in [7, 11) is 1.46. The fraction of sp³-hybridized carbons (Fsp3) is 0.188. The van der Waals surface area contributed by atoms with E-state index in [4.69, 9.17) is 9.26 Å². The molecule has 0 radical (unpaired) electrons. The lowest BCUT2D eigenvalue weighted by molar-refractivity contribution is 0.0987. The highest BCUT2D eigenvalue weighted by atomic mass is 16.5. The van der Waals surface area contributed by atoms with E-state index < -0.39 is 0 Å². The molecule has 1 aromatic carbocycles. The van der Waals surface area contributed by atoms with Crippen molar-refractivity contribution in [3.05, 3.63) is 53.8 Å². The molecule has 0 unspecified atom stereocenters. The van der Waals surface area contributed by atoms with E-state index in [2.05, 4.69) is 15.5 Å². The van der Waals surface area contributed by atoms with Gasteiger partial charge < -0.3 is 19.1 Å². The molecule has 23 heavy (non-hydrogen) atoms.